The summed E-state index contributed by atoms with van der Waals surface area (Å²) in [5.74, 6) is -0.470. The summed E-state index contributed by atoms with van der Waals surface area (Å²) in [5.41, 5.74) is 0.962. The summed E-state index contributed by atoms with van der Waals surface area (Å²) in [6, 6.07) is 14.0. The molecule has 2 unspecified atom stereocenters. The maximum absolute atomic E-state index is 12.7. The quantitative estimate of drug-likeness (QED) is 0.701. The van der Waals surface area contributed by atoms with Gasteiger partial charge in [-0.2, -0.15) is 0 Å². The minimum atomic E-state index is -3.47. The third-order valence-electron chi connectivity index (χ3n) is 5.92. The molecule has 0 aliphatic carbocycles. The number of rotatable bonds is 6. The molecule has 2 aliphatic rings. The van der Waals surface area contributed by atoms with E-state index < -0.39 is 25.7 Å². The van der Waals surface area contributed by atoms with Crippen LogP contribution in [0.15, 0.2) is 59.5 Å². The van der Waals surface area contributed by atoms with Crippen molar-refractivity contribution in [2.45, 2.75) is 35.6 Å². The third-order valence-corrected chi connectivity index (χ3v) is 9.34. The molecule has 0 saturated carbocycles. The third kappa shape index (κ3) is 5.16. The highest BCUT2D eigenvalue weighted by atomic mass is 32.2. The number of likely N-dealkylation sites (tertiary alicyclic amines) is 1. The molecule has 2 aliphatic heterocycles. The summed E-state index contributed by atoms with van der Waals surface area (Å²) in [6.45, 7) is 1.72. The van der Waals surface area contributed by atoms with Gasteiger partial charge >= 0.3 is 0 Å². The molecule has 31 heavy (non-hydrogen) atoms. The van der Waals surface area contributed by atoms with Crippen LogP contribution in [-0.2, 0) is 25.4 Å². The van der Waals surface area contributed by atoms with Crippen molar-refractivity contribution >= 4 is 25.6 Å². The Morgan fingerprint density at radius 3 is 2.26 bits per heavy atom. The summed E-state index contributed by atoms with van der Waals surface area (Å²) >= 11 is 0. The first-order valence-electron chi connectivity index (χ1n) is 10.4. The van der Waals surface area contributed by atoms with Crippen molar-refractivity contribution in [2.75, 3.05) is 24.6 Å². The topological polar surface area (TPSA) is 101 Å². The van der Waals surface area contributed by atoms with E-state index in [2.05, 4.69) is 10.2 Å². The fraction of sp³-hybridized carbons (Fsp3) is 0.409. The molecular formula is C22H26N2O5S2. The SMILES string of the molecule is O=C(NC1CS(=O)(=O)CC1N1CCCC1)c1ccc(CS(=O)(=O)c2ccccc2)cc1. The van der Waals surface area contributed by atoms with Crippen molar-refractivity contribution < 1.29 is 21.6 Å². The number of hydrogen-bond donors (Lipinski definition) is 1. The number of carbonyl (C=O) groups excluding carboxylic acids is 1. The van der Waals surface area contributed by atoms with Crippen LogP contribution in [0.1, 0.15) is 28.8 Å². The molecule has 0 aromatic heterocycles. The lowest BCUT2D eigenvalue weighted by atomic mass is 10.1. The Morgan fingerprint density at radius 1 is 0.968 bits per heavy atom. The fourth-order valence-electron chi connectivity index (χ4n) is 4.33. The van der Waals surface area contributed by atoms with Gasteiger partial charge in [0.2, 0.25) is 0 Å². The van der Waals surface area contributed by atoms with Gasteiger partial charge in [0.05, 0.1) is 28.2 Å². The molecule has 9 heteroatoms. The number of sulfone groups is 2. The molecule has 2 atom stereocenters. The van der Waals surface area contributed by atoms with Crippen LogP contribution >= 0.6 is 0 Å². The smallest absolute Gasteiger partial charge is 0.251 e. The minimum absolute atomic E-state index is 0.0483. The maximum atomic E-state index is 12.7. The van der Waals surface area contributed by atoms with Crippen LogP contribution in [0.2, 0.25) is 0 Å². The van der Waals surface area contributed by atoms with E-state index in [0.29, 0.717) is 11.1 Å². The molecule has 2 saturated heterocycles. The Kier molecular flexibility index (Phi) is 6.18. The standard InChI is InChI=1S/C22H26N2O5S2/c25-22(23-20-15-30(26,27)16-21(20)24-12-4-5-13-24)18-10-8-17(9-11-18)14-31(28,29)19-6-2-1-3-7-19/h1-3,6-11,20-21H,4-5,12-16H2,(H,23,25). The van der Waals surface area contributed by atoms with Gasteiger partial charge in [-0.1, -0.05) is 30.3 Å². The van der Waals surface area contributed by atoms with E-state index in [4.69, 9.17) is 0 Å². The summed E-state index contributed by atoms with van der Waals surface area (Å²) in [7, 11) is -6.65. The zero-order chi connectivity index (χ0) is 22.1. The number of nitrogens with zero attached hydrogens (tertiary/aromatic N) is 1. The summed E-state index contributed by atoms with van der Waals surface area (Å²) in [6.07, 6.45) is 2.09. The van der Waals surface area contributed by atoms with Gasteiger partial charge in [-0.05, 0) is 55.8 Å². The van der Waals surface area contributed by atoms with Crippen molar-refractivity contribution in [3.8, 4) is 0 Å². The summed E-state index contributed by atoms with van der Waals surface area (Å²) in [5, 5.41) is 2.89. The molecule has 0 bridgehead atoms. The number of amides is 1. The second kappa shape index (κ2) is 8.72. The Bertz CT molecular complexity index is 1140. The van der Waals surface area contributed by atoms with Gasteiger partial charge in [-0.3, -0.25) is 9.69 Å². The first kappa shape index (κ1) is 22.0. The van der Waals surface area contributed by atoms with E-state index in [-0.39, 0.29) is 34.1 Å². The number of hydrogen-bond acceptors (Lipinski definition) is 6. The average Bonchev–Trinajstić information content (AvgIpc) is 3.36. The molecule has 2 fully saturated rings. The minimum Gasteiger partial charge on any atom is -0.347 e. The first-order valence-corrected chi connectivity index (χ1v) is 13.8. The Hall–Kier alpha value is -2.23. The number of nitrogens with one attached hydrogen (secondary N) is 1. The molecule has 2 heterocycles. The Balaban J connectivity index is 1.43. The van der Waals surface area contributed by atoms with Crippen LogP contribution in [0.25, 0.3) is 0 Å². The molecule has 1 amide bonds. The van der Waals surface area contributed by atoms with E-state index in [1.807, 2.05) is 0 Å². The van der Waals surface area contributed by atoms with Crippen LogP contribution in [0.4, 0.5) is 0 Å². The zero-order valence-electron chi connectivity index (χ0n) is 17.1. The monoisotopic (exact) mass is 462 g/mol. The highest BCUT2D eigenvalue weighted by Crippen LogP contribution is 2.23. The van der Waals surface area contributed by atoms with E-state index in [1.165, 1.54) is 0 Å². The molecule has 2 aromatic carbocycles. The van der Waals surface area contributed by atoms with Gasteiger partial charge in [-0.25, -0.2) is 16.8 Å². The summed E-state index contributed by atoms with van der Waals surface area (Å²) < 4.78 is 49.4. The van der Waals surface area contributed by atoms with E-state index in [0.717, 1.165) is 25.9 Å². The van der Waals surface area contributed by atoms with Gasteiger partial charge in [0.15, 0.2) is 19.7 Å². The maximum Gasteiger partial charge on any atom is 0.251 e. The molecule has 0 radical (unpaired) electrons. The zero-order valence-corrected chi connectivity index (χ0v) is 18.7. The molecule has 1 N–H and O–H groups in total. The predicted octanol–water partition coefficient (Wildman–Crippen LogP) is 1.65. The van der Waals surface area contributed by atoms with E-state index >= 15 is 0 Å². The van der Waals surface area contributed by atoms with Crippen molar-refractivity contribution in [3.63, 3.8) is 0 Å². The Labute approximate surface area is 183 Å². The van der Waals surface area contributed by atoms with Gasteiger partial charge in [0, 0.05) is 11.6 Å². The van der Waals surface area contributed by atoms with Crippen LogP contribution < -0.4 is 5.32 Å². The van der Waals surface area contributed by atoms with Crippen LogP contribution in [0, 0.1) is 0 Å². The molecular weight excluding hydrogens is 436 g/mol. The van der Waals surface area contributed by atoms with Crippen LogP contribution in [0.5, 0.6) is 0 Å². The highest BCUT2D eigenvalue weighted by molar-refractivity contribution is 7.91. The lowest BCUT2D eigenvalue weighted by molar-refractivity contribution is 0.0918. The second-order valence-electron chi connectivity index (χ2n) is 8.24. The number of carbonyl (C=O) groups is 1. The van der Waals surface area contributed by atoms with Gasteiger partial charge in [0.25, 0.3) is 5.91 Å². The van der Waals surface area contributed by atoms with Crippen molar-refractivity contribution in [1.29, 1.82) is 0 Å². The van der Waals surface area contributed by atoms with E-state index in [1.54, 1.807) is 54.6 Å². The molecule has 166 valence electrons. The van der Waals surface area contributed by atoms with Crippen molar-refractivity contribution in [3.05, 3.63) is 65.7 Å². The number of benzene rings is 2. The fourth-order valence-corrected chi connectivity index (χ4v) is 7.66. The lowest BCUT2D eigenvalue weighted by Gasteiger charge is -2.28. The average molecular weight is 463 g/mol. The summed E-state index contributed by atoms with van der Waals surface area (Å²) in [4.78, 5) is 15.2. The Morgan fingerprint density at radius 2 is 1.61 bits per heavy atom. The van der Waals surface area contributed by atoms with Crippen LogP contribution in [-0.4, -0.2) is 64.3 Å². The van der Waals surface area contributed by atoms with Gasteiger partial charge in [0.1, 0.15) is 0 Å². The van der Waals surface area contributed by atoms with Crippen molar-refractivity contribution in [2.24, 2.45) is 0 Å². The molecule has 7 nitrogen and oxygen atoms in total. The first-order chi connectivity index (χ1) is 14.7. The predicted molar refractivity (Wildman–Crippen MR) is 118 cm³/mol. The molecule has 0 spiro atoms. The molecule has 4 rings (SSSR count). The highest BCUT2D eigenvalue weighted by Gasteiger charge is 2.42. The lowest BCUT2D eigenvalue weighted by Crippen LogP contribution is -2.50. The second-order valence-corrected chi connectivity index (χ2v) is 12.4. The molecule has 2 aromatic rings. The van der Waals surface area contributed by atoms with Crippen molar-refractivity contribution in [1.82, 2.24) is 10.2 Å². The van der Waals surface area contributed by atoms with Gasteiger partial charge < -0.3 is 5.32 Å². The normalized spacial score (nSPS) is 23.6. The van der Waals surface area contributed by atoms with Gasteiger partial charge in [-0.15, -0.1) is 0 Å². The van der Waals surface area contributed by atoms with Crippen LogP contribution in [0.3, 0.4) is 0 Å². The largest absolute Gasteiger partial charge is 0.347 e. The van der Waals surface area contributed by atoms with E-state index in [9.17, 15) is 21.6 Å².